The third-order valence-electron chi connectivity index (χ3n) is 7.39. The van der Waals surface area contributed by atoms with Gasteiger partial charge in [-0.3, -0.25) is 0 Å². The highest BCUT2D eigenvalue weighted by Gasteiger charge is 2.42. The highest BCUT2D eigenvalue weighted by molar-refractivity contribution is 9.11. The van der Waals surface area contributed by atoms with Gasteiger partial charge in [0, 0.05) is 19.8 Å². The summed E-state index contributed by atoms with van der Waals surface area (Å²) in [4.78, 5) is 0. The van der Waals surface area contributed by atoms with E-state index < -0.39 is 0 Å². The molecule has 4 aromatic carbocycles. The molecule has 4 aromatic rings. The van der Waals surface area contributed by atoms with Crippen LogP contribution < -0.4 is 0 Å². The lowest BCUT2D eigenvalue weighted by Crippen LogP contribution is -2.17. The lowest BCUT2D eigenvalue weighted by Gasteiger charge is -2.24. The smallest absolute Gasteiger partial charge is 0.0257 e. The summed E-state index contributed by atoms with van der Waals surface area (Å²) in [5.41, 5.74) is 11.2. The van der Waals surface area contributed by atoms with E-state index in [2.05, 4.69) is 120 Å². The van der Waals surface area contributed by atoms with Gasteiger partial charge in [-0.2, -0.15) is 0 Å². The first-order chi connectivity index (χ1) is 14.2. The topological polar surface area (TPSA) is 0 Å². The first-order valence-electron chi connectivity index (χ1n) is 10.4. The van der Waals surface area contributed by atoms with E-state index in [1.807, 2.05) is 0 Å². The third-order valence-corrected chi connectivity index (χ3v) is 8.54. The highest BCUT2D eigenvalue weighted by atomic mass is 79.9. The Hall–Kier alpha value is -1.90. The predicted molar refractivity (Wildman–Crippen MR) is 134 cm³/mol. The fourth-order valence-corrected chi connectivity index (χ4v) is 6.67. The van der Waals surface area contributed by atoms with Crippen molar-refractivity contribution in [2.45, 2.75) is 38.5 Å². The van der Waals surface area contributed by atoms with E-state index in [1.165, 1.54) is 59.8 Å². The Kier molecular flexibility index (Phi) is 3.68. The third kappa shape index (κ3) is 2.22. The van der Waals surface area contributed by atoms with E-state index in [0.29, 0.717) is 0 Å². The number of fused-ring (bicyclic) bond motifs is 8. The molecular formula is C28H22Br2. The Morgan fingerprint density at radius 3 is 1.93 bits per heavy atom. The van der Waals surface area contributed by atoms with Crippen LogP contribution in [0.3, 0.4) is 0 Å². The molecule has 0 saturated heterocycles. The molecule has 0 spiro atoms. The van der Waals surface area contributed by atoms with Crippen LogP contribution in [0.4, 0.5) is 0 Å². The number of rotatable bonds is 0. The van der Waals surface area contributed by atoms with Crippen LogP contribution in [0.1, 0.15) is 49.9 Å². The lowest BCUT2D eigenvalue weighted by atomic mass is 9.79. The SMILES string of the molecule is CC1(C)c2cc(Br)ccc2-c2cc3c(cc21)-c1c(cc(Br)c2ccccc12)C3(C)C. The summed E-state index contributed by atoms with van der Waals surface area (Å²) < 4.78 is 2.33. The number of hydrogen-bond donors (Lipinski definition) is 0. The lowest BCUT2D eigenvalue weighted by molar-refractivity contribution is 0.652. The molecule has 0 N–H and O–H groups in total. The van der Waals surface area contributed by atoms with Gasteiger partial charge in [0.25, 0.3) is 0 Å². The molecule has 148 valence electrons. The van der Waals surface area contributed by atoms with Crippen LogP contribution >= 0.6 is 31.9 Å². The maximum absolute atomic E-state index is 3.84. The van der Waals surface area contributed by atoms with Gasteiger partial charge in [0.05, 0.1) is 0 Å². The molecule has 2 aliphatic carbocycles. The summed E-state index contributed by atoms with van der Waals surface area (Å²) in [6, 6.07) is 22.8. The first-order valence-corrected chi connectivity index (χ1v) is 12.0. The molecule has 0 fully saturated rings. The molecular weight excluding hydrogens is 496 g/mol. The fraction of sp³-hybridized carbons (Fsp3) is 0.214. The maximum Gasteiger partial charge on any atom is 0.0257 e. The molecule has 0 aliphatic heterocycles. The molecule has 0 bridgehead atoms. The van der Waals surface area contributed by atoms with Gasteiger partial charge in [0.1, 0.15) is 0 Å². The monoisotopic (exact) mass is 516 g/mol. The Balaban J connectivity index is 1.73. The van der Waals surface area contributed by atoms with E-state index in [-0.39, 0.29) is 10.8 Å². The minimum absolute atomic E-state index is 0.0124. The van der Waals surface area contributed by atoms with Crippen molar-refractivity contribution in [3.05, 3.63) is 91.9 Å². The maximum atomic E-state index is 3.84. The molecule has 6 rings (SSSR count). The summed E-state index contributed by atoms with van der Waals surface area (Å²) in [6.45, 7) is 9.45. The van der Waals surface area contributed by atoms with Crippen LogP contribution in [0.5, 0.6) is 0 Å². The van der Waals surface area contributed by atoms with Crippen LogP contribution in [0.25, 0.3) is 33.0 Å². The van der Waals surface area contributed by atoms with Crippen molar-refractivity contribution >= 4 is 42.6 Å². The average molecular weight is 518 g/mol. The van der Waals surface area contributed by atoms with E-state index in [0.717, 1.165) is 4.47 Å². The normalized spacial score (nSPS) is 16.9. The molecule has 2 heteroatoms. The van der Waals surface area contributed by atoms with Crippen molar-refractivity contribution < 1.29 is 0 Å². The second-order valence-electron chi connectivity index (χ2n) is 9.71. The molecule has 0 radical (unpaired) electrons. The molecule has 0 atom stereocenters. The largest absolute Gasteiger partial charge is 0.0616 e. The number of hydrogen-bond acceptors (Lipinski definition) is 0. The van der Waals surface area contributed by atoms with E-state index in [9.17, 15) is 0 Å². The predicted octanol–water partition coefficient (Wildman–Crippen LogP) is 8.98. The standard InChI is InChI=1S/C28H22Br2/c1-27(2)21-11-15(29)9-10-16(21)19-12-23-20(13-22(19)27)26-18-8-6-5-7-17(18)25(30)14-24(26)28(23,3)4/h5-14H,1-4H3. The Labute approximate surface area is 194 Å². The van der Waals surface area contributed by atoms with Gasteiger partial charge in [0.2, 0.25) is 0 Å². The van der Waals surface area contributed by atoms with Crippen LogP contribution in [0.2, 0.25) is 0 Å². The first kappa shape index (κ1) is 18.8. The van der Waals surface area contributed by atoms with Gasteiger partial charge in [-0.1, -0.05) is 89.9 Å². The Morgan fingerprint density at radius 2 is 1.17 bits per heavy atom. The average Bonchev–Trinajstić information content (AvgIpc) is 3.06. The van der Waals surface area contributed by atoms with Crippen LogP contribution in [0, 0.1) is 0 Å². The minimum Gasteiger partial charge on any atom is -0.0616 e. The Morgan fingerprint density at radius 1 is 0.567 bits per heavy atom. The summed E-state index contributed by atoms with van der Waals surface area (Å²) in [6.07, 6.45) is 0. The van der Waals surface area contributed by atoms with E-state index >= 15 is 0 Å². The minimum atomic E-state index is -0.0332. The van der Waals surface area contributed by atoms with Gasteiger partial charge >= 0.3 is 0 Å². The summed E-state index contributed by atoms with van der Waals surface area (Å²) in [5, 5.41) is 2.62. The van der Waals surface area contributed by atoms with Crippen molar-refractivity contribution in [1.29, 1.82) is 0 Å². The zero-order valence-corrected chi connectivity index (χ0v) is 20.7. The van der Waals surface area contributed by atoms with Crippen molar-refractivity contribution in [2.24, 2.45) is 0 Å². The van der Waals surface area contributed by atoms with Crippen molar-refractivity contribution in [1.82, 2.24) is 0 Å². The Bertz CT molecular complexity index is 1410. The zero-order chi connectivity index (χ0) is 21.0. The van der Waals surface area contributed by atoms with Gasteiger partial charge in [0.15, 0.2) is 0 Å². The fourth-order valence-electron chi connectivity index (χ4n) is 5.74. The highest BCUT2D eigenvalue weighted by Crippen LogP contribution is 2.57. The van der Waals surface area contributed by atoms with Gasteiger partial charge in [-0.25, -0.2) is 0 Å². The molecule has 0 amide bonds. The number of halogens is 2. The van der Waals surface area contributed by atoms with Crippen molar-refractivity contribution in [2.75, 3.05) is 0 Å². The van der Waals surface area contributed by atoms with Gasteiger partial charge in [-0.05, 0) is 85.6 Å². The van der Waals surface area contributed by atoms with E-state index in [1.54, 1.807) is 0 Å². The molecule has 0 unspecified atom stereocenters. The van der Waals surface area contributed by atoms with Crippen molar-refractivity contribution in [3.8, 4) is 22.3 Å². The molecule has 0 aromatic heterocycles. The zero-order valence-electron chi connectivity index (χ0n) is 17.5. The molecule has 2 aliphatic rings. The molecule has 0 nitrogen and oxygen atoms in total. The molecule has 0 heterocycles. The van der Waals surface area contributed by atoms with E-state index in [4.69, 9.17) is 0 Å². The molecule has 0 saturated carbocycles. The van der Waals surface area contributed by atoms with Gasteiger partial charge in [-0.15, -0.1) is 0 Å². The summed E-state index contributed by atoms with van der Waals surface area (Å²) in [5.74, 6) is 0. The van der Waals surface area contributed by atoms with Crippen LogP contribution in [-0.2, 0) is 10.8 Å². The number of benzene rings is 4. The van der Waals surface area contributed by atoms with Crippen molar-refractivity contribution in [3.63, 3.8) is 0 Å². The quantitative estimate of drug-likeness (QED) is 0.218. The summed E-state index contributed by atoms with van der Waals surface area (Å²) >= 11 is 7.53. The van der Waals surface area contributed by atoms with Crippen LogP contribution in [0.15, 0.2) is 69.6 Å². The molecule has 30 heavy (non-hydrogen) atoms. The van der Waals surface area contributed by atoms with Crippen LogP contribution in [-0.4, -0.2) is 0 Å². The second-order valence-corrected chi connectivity index (χ2v) is 11.5. The van der Waals surface area contributed by atoms with Gasteiger partial charge < -0.3 is 0 Å². The summed E-state index contributed by atoms with van der Waals surface area (Å²) in [7, 11) is 0. The second kappa shape index (κ2) is 5.87.